The molecule has 122 valence electrons. The number of hydrogen-bond acceptors (Lipinski definition) is 2. The largest absolute Gasteiger partial charge is 0.480 e. The molecule has 0 radical (unpaired) electrons. The number of hydrogen-bond donors (Lipinski definition) is 2. The molecular weight excluding hydrogens is 280 g/mol. The molecule has 1 atom stereocenters. The highest BCUT2D eigenvalue weighted by atomic mass is 16.4. The van der Waals surface area contributed by atoms with Crippen molar-refractivity contribution in [1.82, 2.24) is 10.2 Å². The summed E-state index contributed by atoms with van der Waals surface area (Å²) < 4.78 is 0. The Morgan fingerprint density at radius 1 is 1.23 bits per heavy atom. The van der Waals surface area contributed by atoms with E-state index in [0.29, 0.717) is 13.0 Å². The molecule has 1 aromatic rings. The molecule has 0 aliphatic heterocycles. The van der Waals surface area contributed by atoms with E-state index in [0.717, 1.165) is 12.0 Å². The number of rotatable bonds is 6. The summed E-state index contributed by atoms with van der Waals surface area (Å²) in [7, 11) is 1.66. The maximum atomic E-state index is 12.1. The van der Waals surface area contributed by atoms with E-state index in [1.54, 1.807) is 7.05 Å². The third-order valence-corrected chi connectivity index (χ3v) is 3.39. The van der Waals surface area contributed by atoms with Crippen LogP contribution >= 0.6 is 0 Å². The molecule has 1 aromatic carbocycles. The second-order valence-corrected chi connectivity index (χ2v) is 6.78. The molecule has 0 heterocycles. The van der Waals surface area contributed by atoms with Gasteiger partial charge in [0, 0.05) is 13.6 Å². The molecule has 0 spiro atoms. The van der Waals surface area contributed by atoms with Crippen LogP contribution in [0.2, 0.25) is 0 Å². The molecule has 0 aliphatic carbocycles. The second kappa shape index (κ2) is 7.82. The van der Waals surface area contributed by atoms with Gasteiger partial charge in [0.2, 0.25) is 0 Å². The normalized spacial score (nSPS) is 12.5. The summed E-state index contributed by atoms with van der Waals surface area (Å²) in [6, 6.07) is 8.36. The number of carboxylic acids is 1. The zero-order valence-electron chi connectivity index (χ0n) is 13.8. The standard InChI is InChI=1S/C17H26N2O3/c1-17(2,3)11-10-14(15(20)21)18-16(22)19(4)12-13-8-6-5-7-9-13/h5-9,14H,10-12H2,1-4H3,(H,18,22)(H,20,21)/t14-/m0/s1. The van der Waals surface area contributed by atoms with Crippen LogP contribution in [0.1, 0.15) is 39.2 Å². The SMILES string of the molecule is CN(Cc1ccccc1)C(=O)N[C@@H](CCC(C)(C)C)C(=O)O. The number of benzene rings is 1. The van der Waals surface area contributed by atoms with Crippen molar-refractivity contribution in [3.63, 3.8) is 0 Å². The highest BCUT2D eigenvalue weighted by Crippen LogP contribution is 2.21. The highest BCUT2D eigenvalue weighted by molar-refractivity contribution is 5.82. The summed E-state index contributed by atoms with van der Waals surface area (Å²) >= 11 is 0. The summed E-state index contributed by atoms with van der Waals surface area (Å²) in [4.78, 5) is 24.9. The fourth-order valence-electron chi connectivity index (χ4n) is 2.02. The minimum atomic E-state index is -0.995. The van der Waals surface area contributed by atoms with Crippen molar-refractivity contribution in [3.05, 3.63) is 35.9 Å². The topological polar surface area (TPSA) is 69.6 Å². The Hall–Kier alpha value is -2.04. The number of carbonyl (C=O) groups excluding carboxylic acids is 1. The van der Waals surface area contributed by atoms with Crippen LogP contribution in [0, 0.1) is 5.41 Å². The molecule has 2 N–H and O–H groups in total. The Morgan fingerprint density at radius 2 is 1.82 bits per heavy atom. The van der Waals surface area contributed by atoms with Crippen molar-refractivity contribution in [3.8, 4) is 0 Å². The Morgan fingerprint density at radius 3 is 2.32 bits per heavy atom. The van der Waals surface area contributed by atoms with Gasteiger partial charge < -0.3 is 15.3 Å². The maximum Gasteiger partial charge on any atom is 0.326 e. The van der Waals surface area contributed by atoms with Crippen molar-refractivity contribution in [2.45, 2.75) is 46.2 Å². The Labute approximate surface area is 132 Å². The Kier molecular flexibility index (Phi) is 6.40. The van der Waals surface area contributed by atoms with Crippen molar-refractivity contribution in [2.24, 2.45) is 5.41 Å². The molecule has 0 aliphatic rings. The van der Waals surface area contributed by atoms with Crippen molar-refractivity contribution in [1.29, 1.82) is 0 Å². The van der Waals surface area contributed by atoms with Gasteiger partial charge in [-0.05, 0) is 23.8 Å². The van der Waals surface area contributed by atoms with Gasteiger partial charge in [0.25, 0.3) is 0 Å². The summed E-state index contributed by atoms with van der Waals surface area (Å²) in [6.45, 7) is 6.60. The van der Waals surface area contributed by atoms with Crippen LogP contribution < -0.4 is 5.32 Å². The maximum absolute atomic E-state index is 12.1. The van der Waals surface area contributed by atoms with Gasteiger partial charge in [-0.25, -0.2) is 9.59 Å². The first-order chi connectivity index (χ1) is 10.2. The number of carbonyl (C=O) groups is 2. The van der Waals surface area contributed by atoms with Crippen molar-refractivity contribution >= 4 is 12.0 Å². The summed E-state index contributed by atoms with van der Waals surface area (Å²) in [5.41, 5.74) is 1.04. The predicted octanol–water partition coefficient (Wildman–Crippen LogP) is 3.11. The molecular formula is C17H26N2O3. The molecule has 5 heteroatoms. The highest BCUT2D eigenvalue weighted by Gasteiger charge is 2.24. The summed E-state index contributed by atoms with van der Waals surface area (Å²) in [5.74, 6) is -0.995. The van der Waals surface area contributed by atoms with Gasteiger partial charge in [0.1, 0.15) is 6.04 Å². The monoisotopic (exact) mass is 306 g/mol. The molecule has 0 fully saturated rings. The van der Waals surface area contributed by atoms with Gasteiger partial charge in [0.05, 0.1) is 0 Å². The zero-order valence-corrected chi connectivity index (χ0v) is 13.8. The summed E-state index contributed by atoms with van der Waals surface area (Å²) in [5, 5.41) is 11.9. The molecule has 22 heavy (non-hydrogen) atoms. The van der Waals surface area contributed by atoms with Gasteiger partial charge >= 0.3 is 12.0 Å². The first-order valence-electron chi connectivity index (χ1n) is 7.47. The predicted molar refractivity (Wildman–Crippen MR) is 86.6 cm³/mol. The number of nitrogens with zero attached hydrogens (tertiary/aromatic N) is 1. The van der Waals surface area contributed by atoms with E-state index in [9.17, 15) is 14.7 Å². The van der Waals surface area contributed by atoms with Crippen LogP contribution in [0.15, 0.2) is 30.3 Å². The van der Waals surface area contributed by atoms with Gasteiger partial charge in [-0.1, -0.05) is 51.1 Å². The van der Waals surface area contributed by atoms with Crippen molar-refractivity contribution < 1.29 is 14.7 Å². The minimum Gasteiger partial charge on any atom is -0.480 e. The van der Waals surface area contributed by atoms with Gasteiger partial charge in [-0.3, -0.25) is 0 Å². The average Bonchev–Trinajstić information content (AvgIpc) is 2.42. The molecule has 0 unspecified atom stereocenters. The van der Waals surface area contributed by atoms with Gasteiger partial charge in [-0.2, -0.15) is 0 Å². The lowest BCUT2D eigenvalue weighted by Crippen LogP contribution is -2.46. The minimum absolute atomic E-state index is 0.0361. The molecule has 2 amide bonds. The number of aliphatic carboxylic acids is 1. The van der Waals surface area contributed by atoms with Crippen molar-refractivity contribution in [2.75, 3.05) is 7.05 Å². The Bertz CT molecular complexity index is 494. The van der Waals surface area contributed by atoms with Crippen LogP contribution in [-0.4, -0.2) is 35.1 Å². The van der Waals surface area contributed by atoms with E-state index < -0.39 is 12.0 Å². The van der Waals surface area contributed by atoms with Crippen LogP contribution in [0.3, 0.4) is 0 Å². The van der Waals surface area contributed by atoms with Crippen LogP contribution in [-0.2, 0) is 11.3 Å². The number of carboxylic acid groups (broad SMARTS) is 1. The lowest BCUT2D eigenvalue weighted by Gasteiger charge is -2.24. The number of urea groups is 1. The van der Waals surface area contributed by atoms with E-state index in [2.05, 4.69) is 26.1 Å². The lowest BCUT2D eigenvalue weighted by atomic mass is 9.89. The quantitative estimate of drug-likeness (QED) is 0.848. The van der Waals surface area contributed by atoms with Gasteiger partial charge in [0.15, 0.2) is 0 Å². The fraction of sp³-hybridized carbons (Fsp3) is 0.529. The van der Waals surface area contributed by atoms with E-state index >= 15 is 0 Å². The third-order valence-electron chi connectivity index (χ3n) is 3.39. The molecule has 0 aromatic heterocycles. The van der Waals surface area contributed by atoms with E-state index in [4.69, 9.17) is 0 Å². The molecule has 0 saturated heterocycles. The molecule has 0 bridgehead atoms. The fourth-order valence-corrected chi connectivity index (χ4v) is 2.02. The lowest BCUT2D eigenvalue weighted by molar-refractivity contribution is -0.139. The summed E-state index contributed by atoms with van der Waals surface area (Å²) in [6.07, 6.45) is 1.15. The van der Waals surface area contributed by atoms with E-state index in [-0.39, 0.29) is 11.4 Å². The smallest absolute Gasteiger partial charge is 0.326 e. The van der Waals surface area contributed by atoms with E-state index in [1.165, 1.54) is 4.90 Å². The third kappa shape index (κ3) is 6.61. The van der Waals surface area contributed by atoms with Crippen LogP contribution in [0.25, 0.3) is 0 Å². The average molecular weight is 306 g/mol. The number of nitrogens with one attached hydrogen (secondary N) is 1. The van der Waals surface area contributed by atoms with Crippen LogP contribution in [0.4, 0.5) is 4.79 Å². The van der Waals surface area contributed by atoms with E-state index in [1.807, 2.05) is 30.3 Å². The molecule has 5 nitrogen and oxygen atoms in total. The van der Waals surface area contributed by atoms with Crippen LogP contribution in [0.5, 0.6) is 0 Å². The zero-order chi connectivity index (χ0) is 16.8. The first kappa shape index (κ1) is 18.0. The second-order valence-electron chi connectivity index (χ2n) is 6.78. The molecule has 0 saturated carbocycles. The Balaban J connectivity index is 2.57. The first-order valence-corrected chi connectivity index (χ1v) is 7.47. The molecule has 1 rings (SSSR count). The number of amides is 2. The van der Waals surface area contributed by atoms with Gasteiger partial charge in [-0.15, -0.1) is 0 Å².